The molecule has 1 fully saturated rings. The lowest BCUT2D eigenvalue weighted by molar-refractivity contribution is 0.0951. The minimum atomic E-state index is 0.0143. The SMILES string of the molecule is Cc1[nH]ncc1-c1cccc(C(=O)NC2CC2)c1. The number of aromatic amines is 1. The van der Waals surface area contributed by atoms with Gasteiger partial charge >= 0.3 is 0 Å². The fraction of sp³-hybridized carbons (Fsp3) is 0.286. The molecule has 0 bridgehead atoms. The fourth-order valence-corrected chi connectivity index (χ4v) is 1.97. The van der Waals surface area contributed by atoms with Crippen LogP contribution in [0.1, 0.15) is 28.9 Å². The largest absolute Gasteiger partial charge is 0.349 e. The first-order chi connectivity index (χ1) is 8.74. The number of carbonyl (C=O) groups is 1. The van der Waals surface area contributed by atoms with Crippen molar-refractivity contribution in [1.29, 1.82) is 0 Å². The fourth-order valence-electron chi connectivity index (χ4n) is 1.97. The maximum absolute atomic E-state index is 12.0. The molecule has 92 valence electrons. The summed E-state index contributed by atoms with van der Waals surface area (Å²) in [6, 6.07) is 8.04. The molecule has 1 saturated carbocycles. The molecular weight excluding hydrogens is 226 g/mol. The minimum absolute atomic E-state index is 0.0143. The van der Waals surface area contributed by atoms with Crippen molar-refractivity contribution in [3.05, 3.63) is 41.7 Å². The van der Waals surface area contributed by atoms with Gasteiger partial charge in [-0.15, -0.1) is 0 Å². The van der Waals surface area contributed by atoms with Crippen LogP contribution in [0.2, 0.25) is 0 Å². The maximum atomic E-state index is 12.0. The van der Waals surface area contributed by atoms with Gasteiger partial charge in [0.15, 0.2) is 0 Å². The highest BCUT2D eigenvalue weighted by atomic mass is 16.1. The van der Waals surface area contributed by atoms with Crippen molar-refractivity contribution < 1.29 is 4.79 Å². The van der Waals surface area contributed by atoms with Gasteiger partial charge in [0.2, 0.25) is 0 Å². The number of aromatic nitrogens is 2. The first kappa shape index (κ1) is 11.0. The topological polar surface area (TPSA) is 57.8 Å². The minimum Gasteiger partial charge on any atom is -0.349 e. The molecule has 0 saturated heterocycles. The molecule has 1 amide bonds. The summed E-state index contributed by atoms with van der Waals surface area (Å²) in [4.78, 5) is 12.0. The molecule has 4 heteroatoms. The third-order valence-electron chi connectivity index (χ3n) is 3.18. The summed E-state index contributed by atoms with van der Waals surface area (Å²) in [7, 11) is 0. The summed E-state index contributed by atoms with van der Waals surface area (Å²) in [6.45, 7) is 1.97. The van der Waals surface area contributed by atoms with E-state index in [0.29, 0.717) is 11.6 Å². The maximum Gasteiger partial charge on any atom is 0.251 e. The van der Waals surface area contributed by atoms with Gasteiger partial charge in [-0.1, -0.05) is 12.1 Å². The van der Waals surface area contributed by atoms with E-state index >= 15 is 0 Å². The van der Waals surface area contributed by atoms with E-state index in [0.717, 1.165) is 29.7 Å². The second kappa shape index (κ2) is 4.29. The summed E-state index contributed by atoms with van der Waals surface area (Å²) in [5, 5.41) is 9.91. The summed E-state index contributed by atoms with van der Waals surface area (Å²) in [5.41, 5.74) is 3.77. The molecule has 4 nitrogen and oxygen atoms in total. The number of hydrogen-bond donors (Lipinski definition) is 2. The van der Waals surface area contributed by atoms with Gasteiger partial charge in [0.05, 0.1) is 6.20 Å². The van der Waals surface area contributed by atoms with E-state index in [1.807, 2.05) is 31.2 Å². The monoisotopic (exact) mass is 241 g/mol. The average molecular weight is 241 g/mol. The van der Waals surface area contributed by atoms with Gasteiger partial charge < -0.3 is 5.32 Å². The molecule has 2 aromatic rings. The van der Waals surface area contributed by atoms with E-state index in [1.165, 1.54) is 0 Å². The Morgan fingerprint density at radius 1 is 1.44 bits per heavy atom. The highest BCUT2D eigenvalue weighted by molar-refractivity contribution is 5.95. The van der Waals surface area contributed by atoms with E-state index < -0.39 is 0 Å². The van der Waals surface area contributed by atoms with Gasteiger partial charge in [-0.05, 0) is 37.5 Å². The van der Waals surface area contributed by atoms with E-state index in [2.05, 4.69) is 15.5 Å². The van der Waals surface area contributed by atoms with Crippen molar-refractivity contribution in [2.75, 3.05) is 0 Å². The number of nitrogens with one attached hydrogen (secondary N) is 2. The number of benzene rings is 1. The highest BCUT2D eigenvalue weighted by Crippen LogP contribution is 2.23. The molecule has 1 aromatic carbocycles. The van der Waals surface area contributed by atoms with Gasteiger partial charge in [0, 0.05) is 22.9 Å². The van der Waals surface area contributed by atoms with Crippen molar-refractivity contribution in [2.45, 2.75) is 25.8 Å². The lowest BCUT2D eigenvalue weighted by Crippen LogP contribution is -2.25. The van der Waals surface area contributed by atoms with Gasteiger partial charge in [-0.2, -0.15) is 5.10 Å². The predicted molar refractivity (Wildman–Crippen MR) is 69.2 cm³/mol. The number of hydrogen-bond acceptors (Lipinski definition) is 2. The molecule has 18 heavy (non-hydrogen) atoms. The Morgan fingerprint density at radius 3 is 2.94 bits per heavy atom. The zero-order valence-electron chi connectivity index (χ0n) is 10.2. The van der Waals surface area contributed by atoms with Crippen LogP contribution in [0.25, 0.3) is 11.1 Å². The van der Waals surface area contributed by atoms with E-state index in [9.17, 15) is 4.79 Å². The molecule has 0 atom stereocenters. The van der Waals surface area contributed by atoms with Crippen molar-refractivity contribution in [2.24, 2.45) is 0 Å². The van der Waals surface area contributed by atoms with Crippen molar-refractivity contribution in [3.63, 3.8) is 0 Å². The van der Waals surface area contributed by atoms with Crippen molar-refractivity contribution >= 4 is 5.91 Å². The predicted octanol–water partition coefficient (Wildman–Crippen LogP) is 2.28. The summed E-state index contributed by atoms with van der Waals surface area (Å²) >= 11 is 0. The van der Waals surface area contributed by atoms with E-state index in [4.69, 9.17) is 0 Å². The Kier molecular flexibility index (Phi) is 2.63. The van der Waals surface area contributed by atoms with Crippen molar-refractivity contribution in [3.8, 4) is 11.1 Å². The average Bonchev–Trinajstić information content (AvgIpc) is 3.09. The smallest absolute Gasteiger partial charge is 0.251 e. The zero-order chi connectivity index (χ0) is 12.5. The molecule has 1 heterocycles. The van der Waals surface area contributed by atoms with Gasteiger partial charge in [-0.3, -0.25) is 9.89 Å². The highest BCUT2D eigenvalue weighted by Gasteiger charge is 2.23. The first-order valence-electron chi connectivity index (χ1n) is 6.15. The van der Waals surface area contributed by atoms with Crippen LogP contribution in [0.4, 0.5) is 0 Å². The lowest BCUT2D eigenvalue weighted by atomic mass is 10.0. The molecule has 0 spiro atoms. The molecule has 2 N–H and O–H groups in total. The molecule has 0 unspecified atom stereocenters. The van der Waals surface area contributed by atoms with Crippen molar-refractivity contribution in [1.82, 2.24) is 15.5 Å². The van der Waals surface area contributed by atoms with Crippen LogP contribution >= 0.6 is 0 Å². The van der Waals surface area contributed by atoms with Crippen LogP contribution < -0.4 is 5.32 Å². The molecule has 0 aliphatic heterocycles. The molecule has 1 aliphatic rings. The Balaban J connectivity index is 1.88. The number of amides is 1. The Bertz CT molecular complexity index is 584. The molecule has 1 aliphatic carbocycles. The van der Waals surface area contributed by atoms with Crippen LogP contribution in [0.15, 0.2) is 30.5 Å². The molecule has 0 radical (unpaired) electrons. The number of nitrogens with zero attached hydrogens (tertiary/aromatic N) is 1. The molecule has 1 aromatic heterocycles. The molecule has 3 rings (SSSR count). The third-order valence-corrected chi connectivity index (χ3v) is 3.18. The normalized spacial score (nSPS) is 14.5. The van der Waals surface area contributed by atoms with E-state index in [-0.39, 0.29) is 5.91 Å². The van der Waals surface area contributed by atoms with Crippen LogP contribution in [0.3, 0.4) is 0 Å². The van der Waals surface area contributed by atoms with Crippen LogP contribution in [-0.2, 0) is 0 Å². The van der Waals surface area contributed by atoms with Crippen LogP contribution in [-0.4, -0.2) is 22.1 Å². The summed E-state index contributed by atoms with van der Waals surface area (Å²) in [5.74, 6) is 0.0143. The third kappa shape index (κ3) is 2.14. The number of carbonyl (C=O) groups excluding carboxylic acids is 1. The Hall–Kier alpha value is -2.10. The quantitative estimate of drug-likeness (QED) is 0.866. The second-order valence-electron chi connectivity index (χ2n) is 4.74. The van der Waals surface area contributed by atoms with E-state index in [1.54, 1.807) is 6.20 Å². The van der Waals surface area contributed by atoms with Gasteiger partial charge in [0.1, 0.15) is 0 Å². The Labute approximate surface area is 105 Å². The second-order valence-corrected chi connectivity index (χ2v) is 4.74. The zero-order valence-corrected chi connectivity index (χ0v) is 10.2. The number of H-pyrrole nitrogens is 1. The van der Waals surface area contributed by atoms with Gasteiger partial charge in [-0.25, -0.2) is 0 Å². The standard InChI is InChI=1S/C14H15N3O/c1-9-13(8-15-17-9)10-3-2-4-11(7-10)14(18)16-12-5-6-12/h2-4,7-8,12H,5-6H2,1H3,(H,15,17)(H,16,18). The lowest BCUT2D eigenvalue weighted by Gasteiger charge is -2.05. The van der Waals surface area contributed by atoms with Crippen LogP contribution in [0.5, 0.6) is 0 Å². The Morgan fingerprint density at radius 2 is 2.28 bits per heavy atom. The summed E-state index contributed by atoms with van der Waals surface area (Å²) in [6.07, 6.45) is 3.99. The number of rotatable bonds is 3. The van der Waals surface area contributed by atoms with Gasteiger partial charge in [0.25, 0.3) is 5.91 Å². The molecular formula is C14H15N3O. The summed E-state index contributed by atoms with van der Waals surface area (Å²) < 4.78 is 0. The first-order valence-corrected chi connectivity index (χ1v) is 6.15. The van der Waals surface area contributed by atoms with Crippen LogP contribution in [0, 0.1) is 6.92 Å². The number of aryl methyl sites for hydroxylation is 1.